The number of hydrogen-bond acceptors (Lipinski definition) is 4. The highest BCUT2D eigenvalue weighted by atomic mass is 16.6. The van der Waals surface area contributed by atoms with Crippen LogP contribution in [0.15, 0.2) is 30.6 Å². The van der Waals surface area contributed by atoms with Crippen LogP contribution in [-0.2, 0) is 9.53 Å². The van der Waals surface area contributed by atoms with Gasteiger partial charge in [-0.15, -0.1) is 0 Å². The molecule has 2 heterocycles. The van der Waals surface area contributed by atoms with Crippen molar-refractivity contribution in [2.75, 3.05) is 16.3 Å². The predicted molar refractivity (Wildman–Crippen MR) is 110 cm³/mol. The highest BCUT2D eigenvalue weighted by molar-refractivity contribution is 6.03. The van der Waals surface area contributed by atoms with Crippen LogP contribution in [0.4, 0.5) is 16.2 Å². The number of rotatable bonds is 3. The zero-order valence-electron chi connectivity index (χ0n) is 16.9. The summed E-state index contributed by atoms with van der Waals surface area (Å²) >= 11 is 0. The summed E-state index contributed by atoms with van der Waals surface area (Å²) in [5, 5.41) is 4.48. The largest absolute Gasteiger partial charge is 0.446 e. The van der Waals surface area contributed by atoms with Crippen LogP contribution in [-0.4, -0.2) is 40.5 Å². The number of anilines is 2. The van der Waals surface area contributed by atoms with E-state index in [1.165, 1.54) is 12.8 Å². The summed E-state index contributed by atoms with van der Waals surface area (Å²) in [6, 6.07) is 6.31. The van der Waals surface area contributed by atoms with Crippen LogP contribution in [0.5, 0.6) is 0 Å². The van der Waals surface area contributed by atoms with Crippen molar-refractivity contribution in [3.05, 3.63) is 30.6 Å². The third kappa shape index (κ3) is 3.28. The van der Waals surface area contributed by atoms with E-state index in [2.05, 4.69) is 11.3 Å². The first kappa shape index (κ1) is 18.2. The Bertz CT molecular complexity index is 961. The van der Waals surface area contributed by atoms with Crippen molar-refractivity contribution >= 4 is 23.4 Å². The van der Waals surface area contributed by atoms with Crippen molar-refractivity contribution in [1.29, 1.82) is 0 Å². The number of hydrogen-bond donors (Lipinski definition) is 0. The van der Waals surface area contributed by atoms with Crippen molar-refractivity contribution in [2.45, 2.75) is 64.1 Å². The zero-order chi connectivity index (χ0) is 20.1. The van der Waals surface area contributed by atoms with Gasteiger partial charge in [0.25, 0.3) is 0 Å². The number of amides is 2. The van der Waals surface area contributed by atoms with Crippen LogP contribution in [0, 0.1) is 0 Å². The minimum absolute atomic E-state index is 0.0204. The number of ether oxygens (including phenoxy) is 1. The van der Waals surface area contributed by atoms with E-state index in [4.69, 9.17) is 4.74 Å². The molecule has 0 saturated heterocycles. The summed E-state index contributed by atoms with van der Waals surface area (Å²) in [5.74, 6) is -0.0277. The Balaban J connectivity index is 1.52. The molecule has 0 N–H and O–H groups in total. The number of nitrogens with zero attached hydrogens (tertiary/aromatic N) is 4. The topological polar surface area (TPSA) is 67.7 Å². The van der Waals surface area contributed by atoms with Gasteiger partial charge in [-0.05, 0) is 56.7 Å². The standard InChI is InChI=1S/C22H26N4O3/c1-14-12-24(22(28)29-19-4-3-5-19)21-10-16(6-9-20(21)26(14)15(2)27)17-11-23-25(13-17)18-7-8-18/h6,9-11,13-14,18-19H,3-5,7-8,12H2,1-2H3/t14-/m0/s1. The van der Waals surface area contributed by atoms with Gasteiger partial charge in [0, 0.05) is 25.2 Å². The first-order valence-corrected chi connectivity index (χ1v) is 10.5. The first-order chi connectivity index (χ1) is 14.0. The lowest BCUT2D eigenvalue weighted by molar-refractivity contribution is -0.117. The van der Waals surface area contributed by atoms with Gasteiger partial charge in [-0.3, -0.25) is 14.4 Å². The molecule has 0 spiro atoms. The SMILES string of the molecule is CC(=O)N1c2ccc(-c3cnn(C4CC4)c3)cc2N(C(=O)OC2CCC2)C[C@@H]1C. The van der Waals surface area contributed by atoms with Crippen LogP contribution >= 0.6 is 0 Å². The second kappa shape index (κ2) is 6.90. The highest BCUT2D eigenvalue weighted by Gasteiger charge is 2.36. The zero-order valence-corrected chi connectivity index (χ0v) is 16.9. The Labute approximate surface area is 170 Å². The van der Waals surface area contributed by atoms with E-state index >= 15 is 0 Å². The van der Waals surface area contributed by atoms with E-state index in [9.17, 15) is 9.59 Å². The second-order valence-corrected chi connectivity index (χ2v) is 8.43. The van der Waals surface area contributed by atoms with Crippen LogP contribution < -0.4 is 9.80 Å². The smallest absolute Gasteiger partial charge is 0.414 e. The normalized spacial score (nSPS) is 21.5. The molecule has 1 atom stereocenters. The lowest BCUT2D eigenvalue weighted by atomic mass is 9.96. The molecule has 0 radical (unpaired) electrons. The molecule has 1 aliphatic heterocycles. The molecule has 29 heavy (non-hydrogen) atoms. The molecule has 2 saturated carbocycles. The Morgan fingerprint density at radius 1 is 1.10 bits per heavy atom. The van der Waals surface area contributed by atoms with Gasteiger partial charge in [0.1, 0.15) is 6.10 Å². The molecule has 7 nitrogen and oxygen atoms in total. The molecule has 3 aliphatic rings. The third-order valence-corrected chi connectivity index (χ3v) is 6.15. The molecule has 7 heteroatoms. The minimum Gasteiger partial charge on any atom is -0.446 e. The van der Waals surface area contributed by atoms with E-state index in [0.717, 1.165) is 41.8 Å². The molecule has 1 aromatic heterocycles. The summed E-state index contributed by atoms with van der Waals surface area (Å²) < 4.78 is 7.70. The van der Waals surface area contributed by atoms with E-state index in [0.29, 0.717) is 12.6 Å². The summed E-state index contributed by atoms with van der Waals surface area (Å²) in [6.07, 6.45) is 8.96. The van der Waals surface area contributed by atoms with Crippen LogP contribution in [0.1, 0.15) is 52.0 Å². The molecule has 2 aliphatic carbocycles. The summed E-state index contributed by atoms with van der Waals surface area (Å²) in [4.78, 5) is 28.7. The Kier molecular flexibility index (Phi) is 4.33. The van der Waals surface area contributed by atoms with Gasteiger partial charge in [-0.1, -0.05) is 6.07 Å². The van der Waals surface area contributed by atoms with Gasteiger partial charge in [0.2, 0.25) is 5.91 Å². The molecule has 0 unspecified atom stereocenters. The predicted octanol–water partition coefficient (Wildman–Crippen LogP) is 4.14. The molecule has 2 amide bonds. The maximum Gasteiger partial charge on any atom is 0.414 e. The number of carbonyl (C=O) groups excluding carboxylic acids is 2. The Hall–Kier alpha value is -2.83. The lowest BCUT2D eigenvalue weighted by Gasteiger charge is -2.41. The van der Waals surface area contributed by atoms with Crippen LogP contribution in [0.25, 0.3) is 11.1 Å². The lowest BCUT2D eigenvalue weighted by Crippen LogP contribution is -2.52. The monoisotopic (exact) mass is 394 g/mol. The van der Waals surface area contributed by atoms with E-state index in [-0.39, 0.29) is 24.1 Å². The molecule has 2 aromatic rings. The number of fused-ring (bicyclic) bond motifs is 1. The maximum atomic E-state index is 12.9. The Morgan fingerprint density at radius 2 is 1.90 bits per heavy atom. The van der Waals surface area contributed by atoms with Gasteiger partial charge < -0.3 is 9.64 Å². The van der Waals surface area contributed by atoms with E-state index in [1.807, 2.05) is 36.0 Å². The van der Waals surface area contributed by atoms with E-state index < -0.39 is 0 Å². The van der Waals surface area contributed by atoms with Gasteiger partial charge >= 0.3 is 6.09 Å². The minimum atomic E-state index is -0.322. The third-order valence-electron chi connectivity index (χ3n) is 6.15. The molecule has 2 fully saturated rings. The van der Waals surface area contributed by atoms with Crippen molar-refractivity contribution < 1.29 is 14.3 Å². The van der Waals surface area contributed by atoms with Crippen LogP contribution in [0.2, 0.25) is 0 Å². The van der Waals surface area contributed by atoms with Crippen molar-refractivity contribution in [1.82, 2.24) is 9.78 Å². The molecule has 0 bridgehead atoms. The van der Waals surface area contributed by atoms with E-state index in [1.54, 1.807) is 16.7 Å². The fourth-order valence-electron chi connectivity index (χ4n) is 4.18. The number of carbonyl (C=O) groups is 2. The first-order valence-electron chi connectivity index (χ1n) is 10.5. The van der Waals surface area contributed by atoms with Gasteiger partial charge in [-0.2, -0.15) is 5.10 Å². The molecule has 5 rings (SSSR count). The summed E-state index contributed by atoms with van der Waals surface area (Å²) in [7, 11) is 0. The molecule has 152 valence electrons. The van der Waals surface area contributed by atoms with Crippen molar-refractivity contribution in [2.24, 2.45) is 0 Å². The fraction of sp³-hybridized carbons (Fsp3) is 0.500. The number of aromatic nitrogens is 2. The summed E-state index contributed by atoms with van der Waals surface area (Å²) in [5.41, 5.74) is 3.47. The van der Waals surface area contributed by atoms with Gasteiger partial charge in [0.15, 0.2) is 0 Å². The quantitative estimate of drug-likeness (QED) is 0.785. The van der Waals surface area contributed by atoms with Gasteiger partial charge in [-0.25, -0.2) is 4.79 Å². The molecular formula is C22H26N4O3. The molecule has 1 aromatic carbocycles. The number of benzene rings is 1. The average molecular weight is 394 g/mol. The Morgan fingerprint density at radius 3 is 2.55 bits per heavy atom. The average Bonchev–Trinajstić information content (AvgIpc) is 3.40. The van der Waals surface area contributed by atoms with Crippen LogP contribution in [0.3, 0.4) is 0 Å². The fourth-order valence-corrected chi connectivity index (χ4v) is 4.18. The molecular weight excluding hydrogens is 368 g/mol. The van der Waals surface area contributed by atoms with Crippen molar-refractivity contribution in [3.8, 4) is 11.1 Å². The highest BCUT2D eigenvalue weighted by Crippen LogP contribution is 2.40. The second-order valence-electron chi connectivity index (χ2n) is 8.43. The van der Waals surface area contributed by atoms with Gasteiger partial charge in [0.05, 0.1) is 29.7 Å². The summed E-state index contributed by atoms with van der Waals surface area (Å²) in [6.45, 7) is 3.95. The van der Waals surface area contributed by atoms with Crippen molar-refractivity contribution in [3.63, 3.8) is 0 Å². The maximum absolute atomic E-state index is 12.9.